The second kappa shape index (κ2) is 7.05. The van der Waals surface area contributed by atoms with Crippen LogP contribution in [-0.2, 0) is 10.0 Å². The molecule has 4 rings (SSSR count). The lowest BCUT2D eigenvalue weighted by atomic mass is 10.2. The molecule has 2 aromatic carbocycles. The van der Waals surface area contributed by atoms with E-state index in [0.29, 0.717) is 5.69 Å². The van der Waals surface area contributed by atoms with Crippen LogP contribution in [0.2, 0.25) is 0 Å². The number of benzene rings is 2. The summed E-state index contributed by atoms with van der Waals surface area (Å²) in [5.41, 5.74) is 2.68. The van der Waals surface area contributed by atoms with E-state index in [1.807, 2.05) is 30.5 Å². The van der Waals surface area contributed by atoms with E-state index in [1.54, 1.807) is 36.5 Å². The molecular weight excluding hydrogens is 360 g/mol. The molecule has 2 aromatic heterocycles. The van der Waals surface area contributed by atoms with Crippen LogP contribution in [0, 0.1) is 0 Å². The summed E-state index contributed by atoms with van der Waals surface area (Å²) in [5.74, 6) is 0.277. The molecule has 0 bridgehead atoms. The number of fused-ring (bicyclic) bond motifs is 1. The summed E-state index contributed by atoms with van der Waals surface area (Å²) < 4.78 is 27.3. The van der Waals surface area contributed by atoms with Gasteiger partial charge in [0.2, 0.25) is 0 Å². The zero-order valence-corrected chi connectivity index (χ0v) is 15.0. The van der Waals surface area contributed by atoms with Crippen molar-refractivity contribution in [2.75, 3.05) is 4.72 Å². The van der Waals surface area contributed by atoms with Crippen molar-refractivity contribution < 1.29 is 8.42 Å². The van der Waals surface area contributed by atoms with Gasteiger partial charge in [-0.2, -0.15) is 0 Å². The monoisotopic (exact) mass is 376 g/mol. The van der Waals surface area contributed by atoms with E-state index in [4.69, 9.17) is 0 Å². The fourth-order valence-corrected chi connectivity index (χ4v) is 3.68. The first-order valence-corrected chi connectivity index (χ1v) is 9.74. The summed E-state index contributed by atoms with van der Waals surface area (Å²) >= 11 is 0. The molecule has 0 fully saturated rings. The van der Waals surface area contributed by atoms with Crippen LogP contribution in [0.15, 0.2) is 89.0 Å². The number of nitrogens with zero attached hydrogens (tertiary/aromatic N) is 2. The van der Waals surface area contributed by atoms with Crippen molar-refractivity contribution in [1.82, 2.24) is 9.97 Å². The van der Waals surface area contributed by atoms with Crippen molar-refractivity contribution in [3.8, 4) is 0 Å². The van der Waals surface area contributed by atoms with Crippen molar-refractivity contribution in [2.24, 2.45) is 4.99 Å². The number of rotatable bonds is 5. The van der Waals surface area contributed by atoms with Crippen LogP contribution in [0.5, 0.6) is 0 Å². The molecule has 0 unspecified atom stereocenters. The second-order valence-electron chi connectivity index (χ2n) is 5.86. The van der Waals surface area contributed by atoms with E-state index >= 15 is 0 Å². The molecule has 0 saturated carbocycles. The number of aromatic amines is 1. The molecule has 2 heterocycles. The average Bonchev–Trinajstić information content (AvgIpc) is 3.10. The number of H-pyrrole nitrogens is 1. The minimum absolute atomic E-state index is 0.152. The van der Waals surface area contributed by atoms with Gasteiger partial charge in [-0.15, -0.1) is 0 Å². The third-order valence-electron chi connectivity index (χ3n) is 4.02. The van der Waals surface area contributed by atoms with E-state index in [-0.39, 0.29) is 10.7 Å². The second-order valence-corrected chi connectivity index (χ2v) is 7.54. The maximum Gasteiger partial charge on any atom is 0.263 e. The SMILES string of the molecule is O=S(=O)(Nc1ccccn1)c1ccc(N=Cc2c[nH]c3ccccc23)cc1. The number of aromatic nitrogens is 2. The highest BCUT2D eigenvalue weighted by Gasteiger charge is 2.14. The Labute approximate surface area is 156 Å². The number of pyridine rings is 1. The third kappa shape index (κ3) is 3.73. The number of sulfonamides is 1. The lowest BCUT2D eigenvalue weighted by Gasteiger charge is -2.07. The summed E-state index contributed by atoms with van der Waals surface area (Å²) in [6, 6.07) is 19.4. The number of aliphatic imine (C=N–C) groups is 1. The Kier molecular flexibility index (Phi) is 4.43. The Morgan fingerprint density at radius 1 is 0.963 bits per heavy atom. The number of hydrogen-bond acceptors (Lipinski definition) is 4. The lowest BCUT2D eigenvalue weighted by Crippen LogP contribution is -2.13. The normalized spacial score (nSPS) is 11.9. The highest BCUT2D eigenvalue weighted by atomic mass is 32.2. The van der Waals surface area contributed by atoms with Gasteiger partial charge in [0.15, 0.2) is 0 Å². The molecule has 2 N–H and O–H groups in total. The number of nitrogens with one attached hydrogen (secondary N) is 2. The molecular formula is C20H16N4O2S. The van der Waals surface area contributed by atoms with Gasteiger partial charge in [0.25, 0.3) is 10.0 Å². The van der Waals surface area contributed by atoms with Crippen molar-refractivity contribution in [2.45, 2.75) is 4.90 Å². The van der Waals surface area contributed by atoms with Crippen LogP contribution in [0.4, 0.5) is 11.5 Å². The van der Waals surface area contributed by atoms with Crippen LogP contribution in [0.1, 0.15) is 5.56 Å². The van der Waals surface area contributed by atoms with Gasteiger partial charge in [-0.1, -0.05) is 24.3 Å². The number of hydrogen-bond donors (Lipinski definition) is 2. The molecule has 0 radical (unpaired) electrons. The van der Waals surface area contributed by atoms with Gasteiger partial charge >= 0.3 is 0 Å². The highest BCUT2D eigenvalue weighted by molar-refractivity contribution is 7.92. The summed E-state index contributed by atoms with van der Waals surface area (Å²) in [6.07, 6.45) is 5.18. The Morgan fingerprint density at radius 2 is 1.74 bits per heavy atom. The molecule has 0 spiro atoms. The quantitative estimate of drug-likeness (QED) is 0.514. The van der Waals surface area contributed by atoms with E-state index in [0.717, 1.165) is 16.5 Å². The molecule has 0 aliphatic rings. The first-order chi connectivity index (χ1) is 13.1. The van der Waals surface area contributed by atoms with Crippen LogP contribution in [0.25, 0.3) is 10.9 Å². The minimum Gasteiger partial charge on any atom is -0.361 e. The van der Waals surface area contributed by atoms with Gasteiger partial charge < -0.3 is 4.98 Å². The Hall–Kier alpha value is -3.45. The number of para-hydroxylation sites is 1. The molecule has 0 aliphatic heterocycles. The Balaban J connectivity index is 1.53. The molecule has 4 aromatic rings. The smallest absolute Gasteiger partial charge is 0.263 e. The van der Waals surface area contributed by atoms with E-state index in [9.17, 15) is 8.42 Å². The molecule has 7 heteroatoms. The van der Waals surface area contributed by atoms with Crippen molar-refractivity contribution in [3.05, 3.63) is 84.7 Å². The van der Waals surface area contributed by atoms with Crippen molar-refractivity contribution in [3.63, 3.8) is 0 Å². The van der Waals surface area contributed by atoms with E-state index < -0.39 is 10.0 Å². The van der Waals surface area contributed by atoms with Gasteiger partial charge in [-0.3, -0.25) is 9.71 Å². The molecule has 0 amide bonds. The molecule has 6 nitrogen and oxygen atoms in total. The van der Waals surface area contributed by atoms with Crippen LogP contribution in [-0.4, -0.2) is 24.6 Å². The predicted molar refractivity (Wildman–Crippen MR) is 107 cm³/mol. The Bertz CT molecular complexity index is 1200. The predicted octanol–water partition coefficient (Wildman–Crippen LogP) is 4.11. The van der Waals surface area contributed by atoms with Crippen molar-refractivity contribution in [1.29, 1.82) is 0 Å². The van der Waals surface area contributed by atoms with Gasteiger partial charge in [0.05, 0.1) is 10.6 Å². The van der Waals surface area contributed by atoms with Gasteiger partial charge in [-0.25, -0.2) is 13.4 Å². The van der Waals surface area contributed by atoms with E-state index in [2.05, 4.69) is 19.7 Å². The van der Waals surface area contributed by atoms with Crippen LogP contribution in [0.3, 0.4) is 0 Å². The first-order valence-electron chi connectivity index (χ1n) is 8.26. The minimum atomic E-state index is -3.69. The average molecular weight is 376 g/mol. The molecule has 0 saturated heterocycles. The summed E-state index contributed by atoms with van der Waals surface area (Å²) in [6.45, 7) is 0. The summed E-state index contributed by atoms with van der Waals surface area (Å²) in [5, 5.41) is 1.08. The molecule has 134 valence electrons. The van der Waals surface area contributed by atoms with Gasteiger partial charge in [0.1, 0.15) is 5.82 Å². The number of anilines is 1. The summed E-state index contributed by atoms with van der Waals surface area (Å²) in [7, 11) is -3.69. The molecule has 0 aliphatic carbocycles. The highest BCUT2D eigenvalue weighted by Crippen LogP contribution is 2.20. The maximum atomic E-state index is 12.4. The largest absolute Gasteiger partial charge is 0.361 e. The van der Waals surface area contributed by atoms with E-state index in [1.165, 1.54) is 18.3 Å². The summed E-state index contributed by atoms with van der Waals surface area (Å²) in [4.78, 5) is 11.8. The lowest BCUT2D eigenvalue weighted by molar-refractivity contribution is 0.601. The topological polar surface area (TPSA) is 87.2 Å². The van der Waals surface area contributed by atoms with Crippen LogP contribution < -0.4 is 4.72 Å². The standard InChI is InChI=1S/C20H16N4O2S/c25-27(26,24-20-7-3-4-12-21-20)17-10-8-16(9-11-17)22-13-15-14-23-19-6-2-1-5-18(15)19/h1-14,23H,(H,21,24). The molecule has 0 atom stereocenters. The van der Waals surface area contributed by atoms with Gasteiger partial charge in [-0.05, 0) is 42.5 Å². The maximum absolute atomic E-state index is 12.4. The Morgan fingerprint density at radius 3 is 2.52 bits per heavy atom. The zero-order chi connectivity index (χ0) is 18.7. The van der Waals surface area contributed by atoms with Gasteiger partial charge in [0, 0.05) is 35.1 Å². The molecule has 27 heavy (non-hydrogen) atoms. The third-order valence-corrected chi connectivity index (χ3v) is 5.40. The van der Waals surface area contributed by atoms with Crippen molar-refractivity contribution >= 4 is 38.6 Å². The fraction of sp³-hybridized carbons (Fsp3) is 0. The first kappa shape index (κ1) is 17.0. The van der Waals surface area contributed by atoms with Crippen LogP contribution >= 0.6 is 0 Å². The fourth-order valence-electron chi connectivity index (χ4n) is 2.68. The zero-order valence-electron chi connectivity index (χ0n) is 14.2.